The Bertz CT molecular complexity index is 934. The molecule has 0 unspecified atom stereocenters. The number of hydrogen-bond donors (Lipinski definition) is 0. The van der Waals surface area contributed by atoms with Crippen molar-refractivity contribution < 1.29 is 4.74 Å². The van der Waals surface area contributed by atoms with Gasteiger partial charge in [-0.25, -0.2) is 0 Å². The van der Waals surface area contributed by atoms with Crippen LogP contribution in [0.2, 0.25) is 0 Å². The highest BCUT2D eigenvalue weighted by molar-refractivity contribution is 5.82. The van der Waals surface area contributed by atoms with E-state index in [1.54, 1.807) is 0 Å². The van der Waals surface area contributed by atoms with E-state index in [4.69, 9.17) is 4.74 Å². The van der Waals surface area contributed by atoms with Crippen molar-refractivity contribution in [3.63, 3.8) is 0 Å². The summed E-state index contributed by atoms with van der Waals surface area (Å²) >= 11 is 0. The minimum absolute atomic E-state index is 0.693. The molecular formula is C27H24O. The van der Waals surface area contributed by atoms with Crippen molar-refractivity contribution in [2.45, 2.75) is 12.8 Å². The van der Waals surface area contributed by atoms with E-state index in [1.807, 2.05) is 12.1 Å². The van der Waals surface area contributed by atoms with Crippen LogP contribution in [0.4, 0.5) is 0 Å². The number of hydrogen-bond acceptors (Lipinski definition) is 1. The summed E-state index contributed by atoms with van der Waals surface area (Å²) in [6.07, 6.45) is 2.01. The van der Waals surface area contributed by atoms with Crippen LogP contribution < -0.4 is 4.74 Å². The first kappa shape index (κ1) is 18.1. The first-order valence-corrected chi connectivity index (χ1v) is 9.82. The molecule has 0 N–H and O–H groups in total. The first-order valence-electron chi connectivity index (χ1n) is 9.82. The molecule has 4 aromatic rings. The second kappa shape index (κ2) is 9.05. The summed E-state index contributed by atoms with van der Waals surface area (Å²) < 4.78 is 6.40. The number of aryl methyl sites for hydroxylation is 1. The molecule has 0 heterocycles. The van der Waals surface area contributed by atoms with Crippen molar-refractivity contribution in [2.75, 3.05) is 6.61 Å². The maximum absolute atomic E-state index is 6.40. The van der Waals surface area contributed by atoms with E-state index in [9.17, 15) is 0 Å². The van der Waals surface area contributed by atoms with Crippen molar-refractivity contribution in [3.05, 3.63) is 115 Å². The van der Waals surface area contributed by atoms with Crippen LogP contribution in [-0.2, 0) is 6.42 Å². The smallest absolute Gasteiger partial charge is 0.134 e. The molecule has 1 nitrogen and oxygen atoms in total. The highest BCUT2D eigenvalue weighted by Gasteiger charge is 2.13. The second-order valence-electron chi connectivity index (χ2n) is 6.85. The van der Waals surface area contributed by atoms with E-state index in [2.05, 4.69) is 97.1 Å². The molecule has 138 valence electrons. The van der Waals surface area contributed by atoms with E-state index < -0.39 is 0 Å². The minimum atomic E-state index is 0.693. The van der Waals surface area contributed by atoms with Gasteiger partial charge in [-0.3, -0.25) is 0 Å². The molecule has 0 spiro atoms. The molecule has 28 heavy (non-hydrogen) atoms. The lowest BCUT2D eigenvalue weighted by Gasteiger charge is -2.17. The molecule has 4 rings (SSSR count). The van der Waals surface area contributed by atoms with Gasteiger partial charge in [0.25, 0.3) is 0 Å². The van der Waals surface area contributed by atoms with Crippen molar-refractivity contribution >= 4 is 0 Å². The molecule has 1 heteroatoms. The zero-order valence-electron chi connectivity index (χ0n) is 15.9. The van der Waals surface area contributed by atoms with Gasteiger partial charge >= 0.3 is 0 Å². The SMILES string of the molecule is c1ccc(CCCOc2c(-c3ccccc3)cccc2-c2ccccc2)cc1. The van der Waals surface area contributed by atoms with Crippen LogP contribution in [0, 0.1) is 0 Å². The average molecular weight is 364 g/mol. The fourth-order valence-electron chi connectivity index (χ4n) is 3.48. The minimum Gasteiger partial charge on any atom is -0.492 e. The molecule has 0 saturated carbocycles. The molecule has 0 aliphatic carbocycles. The van der Waals surface area contributed by atoms with Gasteiger partial charge in [0.05, 0.1) is 6.61 Å². The molecule has 0 aliphatic heterocycles. The summed E-state index contributed by atoms with van der Waals surface area (Å²) in [7, 11) is 0. The van der Waals surface area contributed by atoms with Gasteiger partial charge in [0.15, 0.2) is 0 Å². The lowest BCUT2D eigenvalue weighted by Crippen LogP contribution is -2.02. The maximum Gasteiger partial charge on any atom is 0.134 e. The Morgan fingerprint density at radius 3 is 1.54 bits per heavy atom. The van der Waals surface area contributed by atoms with Crippen molar-refractivity contribution in [1.29, 1.82) is 0 Å². The topological polar surface area (TPSA) is 9.23 Å². The normalized spacial score (nSPS) is 10.6. The zero-order valence-corrected chi connectivity index (χ0v) is 15.9. The Balaban J connectivity index is 1.61. The summed E-state index contributed by atoms with van der Waals surface area (Å²) in [5.74, 6) is 0.966. The highest BCUT2D eigenvalue weighted by Crippen LogP contribution is 2.39. The zero-order chi connectivity index (χ0) is 19.0. The average Bonchev–Trinajstić information content (AvgIpc) is 2.78. The standard InChI is InChI=1S/C27H24O/c1-4-12-22(13-5-1)14-11-21-28-27-25(23-15-6-2-7-16-23)19-10-20-26(27)24-17-8-3-9-18-24/h1-10,12-13,15-20H,11,14,21H2. The first-order chi connectivity index (χ1) is 13.9. The molecule has 0 radical (unpaired) electrons. The van der Waals surface area contributed by atoms with Crippen LogP contribution in [0.15, 0.2) is 109 Å². The Morgan fingerprint density at radius 2 is 1.00 bits per heavy atom. The third-order valence-electron chi connectivity index (χ3n) is 4.88. The van der Waals surface area contributed by atoms with Crippen molar-refractivity contribution in [2.24, 2.45) is 0 Å². The Morgan fingerprint density at radius 1 is 0.500 bits per heavy atom. The van der Waals surface area contributed by atoms with Crippen LogP contribution in [-0.4, -0.2) is 6.61 Å². The van der Waals surface area contributed by atoms with Crippen LogP contribution in [0.3, 0.4) is 0 Å². The number of para-hydroxylation sites is 1. The highest BCUT2D eigenvalue weighted by atomic mass is 16.5. The quantitative estimate of drug-likeness (QED) is 0.320. The third kappa shape index (κ3) is 4.32. The van der Waals surface area contributed by atoms with Gasteiger partial charge in [-0.2, -0.15) is 0 Å². The fourth-order valence-corrected chi connectivity index (χ4v) is 3.48. The van der Waals surface area contributed by atoms with Gasteiger partial charge in [-0.05, 0) is 29.5 Å². The molecule has 0 amide bonds. The third-order valence-corrected chi connectivity index (χ3v) is 4.88. The van der Waals surface area contributed by atoms with Gasteiger partial charge in [-0.15, -0.1) is 0 Å². The molecule has 0 aromatic heterocycles. The van der Waals surface area contributed by atoms with E-state index in [-0.39, 0.29) is 0 Å². The van der Waals surface area contributed by atoms with Gasteiger partial charge in [0.2, 0.25) is 0 Å². The van der Waals surface area contributed by atoms with Gasteiger partial charge in [-0.1, -0.05) is 109 Å². The van der Waals surface area contributed by atoms with Gasteiger partial charge < -0.3 is 4.74 Å². The predicted molar refractivity (Wildman–Crippen MR) is 118 cm³/mol. The van der Waals surface area contributed by atoms with E-state index in [1.165, 1.54) is 16.7 Å². The lowest BCUT2D eigenvalue weighted by molar-refractivity contribution is 0.313. The van der Waals surface area contributed by atoms with E-state index in [0.29, 0.717) is 6.61 Å². The van der Waals surface area contributed by atoms with Gasteiger partial charge in [0, 0.05) is 11.1 Å². The fraction of sp³-hybridized carbons (Fsp3) is 0.111. The number of rotatable bonds is 7. The second-order valence-corrected chi connectivity index (χ2v) is 6.85. The summed E-state index contributed by atoms with van der Waals surface area (Å²) in [5.41, 5.74) is 5.99. The van der Waals surface area contributed by atoms with Crippen LogP contribution in [0.5, 0.6) is 5.75 Å². The molecule has 0 fully saturated rings. The largest absolute Gasteiger partial charge is 0.492 e. The summed E-state index contributed by atoms with van der Waals surface area (Å²) in [4.78, 5) is 0. The summed E-state index contributed by atoms with van der Waals surface area (Å²) in [6.45, 7) is 0.693. The molecule has 0 saturated heterocycles. The van der Waals surface area contributed by atoms with Crippen LogP contribution >= 0.6 is 0 Å². The molecular weight excluding hydrogens is 340 g/mol. The monoisotopic (exact) mass is 364 g/mol. The van der Waals surface area contributed by atoms with Crippen molar-refractivity contribution in [3.8, 4) is 28.0 Å². The maximum atomic E-state index is 6.40. The Hall–Kier alpha value is -3.32. The molecule has 0 atom stereocenters. The van der Waals surface area contributed by atoms with Crippen molar-refractivity contribution in [1.82, 2.24) is 0 Å². The Kier molecular flexibility index (Phi) is 5.84. The summed E-state index contributed by atoms with van der Waals surface area (Å²) in [5, 5.41) is 0. The number of benzene rings is 4. The lowest BCUT2D eigenvalue weighted by atomic mass is 9.97. The molecule has 0 bridgehead atoms. The predicted octanol–water partition coefficient (Wildman–Crippen LogP) is 7.03. The Labute approximate surface area is 167 Å². The number of ether oxygens (including phenoxy) is 1. The van der Waals surface area contributed by atoms with E-state index >= 15 is 0 Å². The van der Waals surface area contributed by atoms with Crippen LogP contribution in [0.25, 0.3) is 22.3 Å². The molecule has 4 aromatic carbocycles. The van der Waals surface area contributed by atoms with Gasteiger partial charge in [0.1, 0.15) is 5.75 Å². The van der Waals surface area contributed by atoms with Crippen LogP contribution in [0.1, 0.15) is 12.0 Å². The molecule has 0 aliphatic rings. The van der Waals surface area contributed by atoms with E-state index in [0.717, 1.165) is 29.7 Å². The summed E-state index contributed by atoms with van der Waals surface area (Å²) in [6, 6.07) is 37.9.